The Morgan fingerprint density at radius 2 is 2.07 bits per heavy atom. The fourth-order valence-electron chi connectivity index (χ4n) is 4.38. The van der Waals surface area contributed by atoms with Crippen LogP contribution in [0.3, 0.4) is 0 Å². The van der Waals surface area contributed by atoms with Gasteiger partial charge in [0.15, 0.2) is 0 Å². The molecule has 7 nitrogen and oxygen atoms in total. The van der Waals surface area contributed by atoms with Gasteiger partial charge in [-0.3, -0.25) is 14.5 Å². The Labute approximate surface area is 163 Å². The van der Waals surface area contributed by atoms with E-state index in [0.717, 1.165) is 23.3 Å². The summed E-state index contributed by atoms with van der Waals surface area (Å²) in [6.45, 7) is 3.00. The molecule has 3 N–H and O–H groups in total. The molecule has 3 aliphatic rings. The maximum absolute atomic E-state index is 14.7. The third kappa shape index (κ3) is 3.26. The summed E-state index contributed by atoms with van der Waals surface area (Å²) in [5.41, 5.74) is 0.679. The Kier molecular flexibility index (Phi) is 4.82. The smallest absolute Gasteiger partial charge is 0.323 e. The van der Waals surface area contributed by atoms with Crippen LogP contribution in [0.5, 0.6) is 0 Å². The molecule has 8 heteroatoms. The number of hydrogen-bond acceptors (Lipinski definition) is 4. The number of rotatable bonds is 3. The number of anilines is 1. The molecule has 1 spiro atoms. The minimum absolute atomic E-state index is 0.0823. The fraction of sp³-hybridized carbons (Fsp3) is 0.550. The highest BCUT2D eigenvalue weighted by Crippen LogP contribution is 2.36. The molecule has 2 fully saturated rings. The van der Waals surface area contributed by atoms with Crippen molar-refractivity contribution in [3.63, 3.8) is 0 Å². The molecule has 0 aromatic heterocycles. The van der Waals surface area contributed by atoms with E-state index in [1.807, 2.05) is 0 Å². The molecule has 0 radical (unpaired) electrons. The van der Waals surface area contributed by atoms with Crippen molar-refractivity contribution in [2.45, 2.75) is 51.1 Å². The third-order valence-electron chi connectivity index (χ3n) is 6.16. The second kappa shape index (κ2) is 7.16. The topological polar surface area (TPSA) is 90.5 Å². The van der Waals surface area contributed by atoms with E-state index in [1.165, 1.54) is 6.07 Å². The predicted molar refractivity (Wildman–Crippen MR) is 101 cm³/mol. The summed E-state index contributed by atoms with van der Waals surface area (Å²) in [5.74, 6) is -0.855. The molecular formula is C20H25FN4O3. The zero-order valence-corrected chi connectivity index (χ0v) is 15.9. The van der Waals surface area contributed by atoms with E-state index >= 15 is 0 Å². The fourth-order valence-corrected chi connectivity index (χ4v) is 4.38. The van der Waals surface area contributed by atoms with Gasteiger partial charge in [-0.15, -0.1) is 0 Å². The molecule has 0 atom stereocenters. The molecule has 0 bridgehead atoms. The number of amides is 4. The number of urea groups is 1. The minimum Gasteiger partial charge on any atom is -0.323 e. The first kappa shape index (κ1) is 18.9. The van der Waals surface area contributed by atoms with E-state index < -0.39 is 29.8 Å². The number of hydrogen-bond donors (Lipinski definition) is 3. The predicted octanol–water partition coefficient (Wildman–Crippen LogP) is 1.91. The quantitative estimate of drug-likeness (QED) is 0.690. The Hall–Kier alpha value is -2.48. The van der Waals surface area contributed by atoms with Crippen LogP contribution in [0, 0.1) is 11.7 Å². The van der Waals surface area contributed by atoms with Gasteiger partial charge in [0.1, 0.15) is 17.9 Å². The summed E-state index contributed by atoms with van der Waals surface area (Å²) in [4.78, 5) is 38.5. The van der Waals surface area contributed by atoms with Crippen LogP contribution < -0.4 is 16.0 Å². The minimum atomic E-state index is -0.881. The summed E-state index contributed by atoms with van der Waals surface area (Å²) in [6.07, 6.45) is 3.45. The molecule has 1 saturated carbocycles. The summed E-state index contributed by atoms with van der Waals surface area (Å²) in [6, 6.07) is 2.76. The van der Waals surface area contributed by atoms with Gasteiger partial charge in [0.25, 0.3) is 5.91 Å². The van der Waals surface area contributed by atoms with Crippen molar-refractivity contribution in [1.29, 1.82) is 0 Å². The van der Waals surface area contributed by atoms with Gasteiger partial charge in [-0.05, 0) is 61.8 Å². The van der Waals surface area contributed by atoms with Crippen molar-refractivity contribution in [3.8, 4) is 0 Å². The molecule has 2 heterocycles. The molecule has 4 amide bonds. The summed E-state index contributed by atoms with van der Waals surface area (Å²) in [7, 11) is 0. The Morgan fingerprint density at radius 3 is 2.82 bits per heavy atom. The zero-order valence-electron chi connectivity index (χ0n) is 15.9. The molecule has 1 saturated heterocycles. The van der Waals surface area contributed by atoms with Crippen molar-refractivity contribution in [2.75, 3.05) is 18.4 Å². The van der Waals surface area contributed by atoms with Crippen LogP contribution in [0.1, 0.15) is 43.7 Å². The lowest BCUT2D eigenvalue weighted by atomic mass is 9.77. The number of nitrogens with one attached hydrogen (secondary N) is 3. The average molecular weight is 388 g/mol. The van der Waals surface area contributed by atoms with Crippen LogP contribution in [0.25, 0.3) is 0 Å². The number of benzene rings is 1. The first-order valence-corrected chi connectivity index (χ1v) is 9.84. The van der Waals surface area contributed by atoms with Gasteiger partial charge in [0.05, 0.1) is 5.69 Å². The molecule has 28 heavy (non-hydrogen) atoms. The van der Waals surface area contributed by atoms with Crippen LogP contribution in [-0.2, 0) is 22.6 Å². The first-order chi connectivity index (χ1) is 13.4. The van der Waals surface area contributed by atoms with Gasteiger partial charge >= 0.3 is 6.03 Å². The van der Waals surface area contributed by atoms with E-state index in [0.29, 0.717) is 43.8 Å². The second-order valence-corrected chi connectivity index (χ2v) is 8.13. The Balaban J connectivity index is 1.44. The number of carbonyl (C=O) groups is 3. The normalized spacial score (nSPS) is 26.9. The lowest BCUT2D eigenvalue weighted by Crippen LogP contribution is -2.49. The number of carbonyl (C=O) groups excluding carboxylic acids is 3. The molecule has 4 rings (SSSR count). The molecule has 1 aliphatic carbocycles. The number of fused-ring (bicyclic) bond motifs is 1. The van der Waals surface area contributed by atoms with Crippen molar-refractivity contribution in [1.82, 2.24) is 15.5 Å². The first-order valence-electron chi connectivity index (χ1n) is 9.84. The highest BCUT2D eigenvalue weighted by Gasteiger charge is 2.52. The zero-order chi connectivity index (χ0) is 19.9. The highest BCUT2D eigenvalue weighted by atomic mass is 19.1. The van der Waals surface area contributed by atoms with E-state index in [1.54, 1.807) is 6.07 Å². The summed E-state index contributed by atoms with van der Waals surface area (Å²) in [5, 5.41) is 8.48. The van der Waals surface area contributed by atoms with Crippen molar-refractivity contribution < 1.29 is 18.8 Å². The summed E-state index contributed by atoms with van der Waals surface area (Å²) >= 11 is 0. The van der Waals surface area contributed by atoms with Crippen molar-refractivity contribution in [3.05, 3.63) is 29.1 Å². The maximum Gasteiger partial charge on any atom is 0.325 e. The number of imide groups is 1. The maximum atomic E-state index is 14.7. The van der Waals surface area contributed by atoms with Gasteiger partial charge in [-0.1, -0.05) is 13.0 Å². The van der Waals surface area contributed by atoms with E-state index in [9.17, 15) is 18.8 Å². The third-order valence-corrected chi connectivity index (χ3v) is 6.16. The van der Waals surface area contributed by atoms with Crippen LogP contribution in [0.4, 0.5) is 14.9 Å². The van der Waals surface area contributed by atoms with E-state index in [2.05, 4.69) is 22.9 Å². The number of nitrogens with zero attached hydrogens (tertiary/aromatic N) is 1. The standard InChI is InChI=1S/C20H25FN4O3/c1-12-4-7-20(8-5-12)18(27)25(19(28)24-20)11-16(26)23-15-3-2-13-10-22-9-6-14(13)17(15)21/h2-3,12,22H,4-11H2,1H3,(H,23,26)(H,24,28). The second-order valence-electron chi connectivity index (χ2n) is 8.13. The van der Waals surface area contributed by atoms with Crippen molar-refractivity contribution >= 4 is 23.5 Å². The molecule has 2 aliphatic heterocycles. The van der Waals surface area contributed by atoms with Crippen molar-refractivity contribution in [2.24, 2.45) is 5.92 Å². The largest absolute Gasteiger partial charge is 0.325 e. The van der Waals surface area contributed by atoms with Gasteiger partial charge in [-0.2, -0.15) is 0 Å². The van der Waals surface area contributed by atoms with Crippen LogP contribution in [0.2, 0.25) is 0 Å². The highest BCUT2D eigenvalue weighted by molar-refractivity contribution is 6.10. The van der Waals surface area contributed by atoms with Crippen LogP contribution in [-0.4, -0.2) is 41.4 Å². The molecule has 1 aromatic carbocycles. The van der Waals surface area contributed by atoms with Gasteiger partial charge in [-0.25, -0.2) is 9.18 Å². The van der Waals surface area contributed by atoms with E-state index in [-0.39, 0.29) is 11.6 Å². The lowest BCUT2D eigenvalue weighted by molar-refractivity contribution is -0.135. The van der Waals surface area contributed by atoms with E-state index in [4.69, 9.17) is 0 Å². The van der Waals surface area contributed by atoms with Gasteiger partial charge in [0, 0.05) is 6.54 Å². The monoisotopic (exact) mass is 388 g/mol. The average Bonchev–Trinajstić information content (AvgIpc) is 2.91. The SMILES string of the molecule is CC1CCC2(CC1)NC(=O)N(CC(=O)Nc1ccc3c(c1F)CCNC3)C2=O. The van der Waals surface area contributed by atoms with Crippen LogP contribution >= 0.6 is 0 Å². The Bertz CT molecular complexity index is 833. The van der Waals surface area contributed by atoms with Gasteiger partial charge in [0.2, 0.25) is 5.91 Å². The molecule has 1 aromatic rings. The molecule has 0 unspecified atom stereocenters. The molecular weight excluding hydrogens is 363 g/mol. The number of halogens is 1. The van der Waals surface area contributed by atoms with Gasteiger partial charge < -0.3 is 16.0 Å². The summed E-state index contributed by atoms with van der Waals surface area (Å²) < 4.78 is 14.7. The Morgan fingerprint density at radius 1 is 1.32 bits per heavy atom. The lowest BCUT2D eigenvalue weighted by Gasteiger charge is -2.33. The molecule has 150 valence electrons. The van der Waals surface area contributed by atoms with Crippen LogP contribution in [0.15, 0.2) is 12.1 Å².